The van der Waals surface area contributed by atoms with E-state index in [-0.39, 0.29) is 0 Å². The Bertz CT molecular complexity index is 1320. The SMILES string of the molecule is CC1(C)CCCC(C)(C)C1.CC1(C)CCCC(C)(C)C1.CC1(C)CCCC(C)(C)C1.CN=C=O.CN=C=O.CN=C=O.Cn1c(=O)n(C)c(=O)n(C)c1=O. The highest BCUT2D eigenvalue weighted by Gasteiger charge is 2.34. The summed E-state index contributed by atoms with van der Waals surface area (Å²) in [6, 6.07) is 0. The summed E-state index contributed by atoms with van der Waals surface area (Å²) in [5.41, 5.74) is 1.85. The van der Waals surface area contributed by atoms with E-state index in [9.17, 15) is 14.4 Å². The highest BCUT2D eigenvalue weighted by Crippen LogP contribution is 2.47. The Labute approximate surface area is 327 Å². The second kappa shape index (κ2) is 24.9. The molecule has 4 rings (SSSR count). The first kappa shape index (κ1) is 54.9. The predicted octanol–water partition coefficient (Wildman–Crippen LogP) is 8.48. The summed E-state index contributed by atoms with van der Waals surface area (Å²) >= 11 is 0. The molecule has 0 radical (unpaired) electrons. The summed E-state index contributed by atoms with van der Waals surface area (Å²) in [5, 5.41) is 0. The van der Waals surface area contributed by atoms with Gasteiger partial charge >= 0.3 is 17.1 Å². The van der Waals surface area contributed by atoms with E-state index in [0.29, 0.717) is 32.5 Å². The number of hydrogen-bond donors (Lipinski definition) is 0. The van der Waals surface area contributed by atoms with Gasteiger partial charge < -0.3 is 0 Å². The molecule has 1 heterocycles. The molecule has 0 atom stereocenters. The third kappa shape index (κ3) is 25.5. The molecule has 0 aromatic carbocycles. The van der Waals surface area contributed by atoms with Crippen molar-refractivity contribution in [1.82, 2.24) is 13.7 Å². The van der Waals surface area contributed by atoms with Crippen molar-refractivity contribution in [1.29, 1.82) is 0 Å². The quantitative estimate of drug-likeness (QED) is 0.191. The van der Waals surface area contributed by atoms with E-state index in [1.165, 1.54) is 138 Å². The van der Waals surface area contributed by atoms with Crippen molar-refractivity contribution in [2.24, 2.45) is 68.6 Å². The number of nitrogens with zero attached hydrogens (tertiary/aromatic N) is 6. The van der Waals surface area contributed by atoms with Crippen molar-refractivity contribution in [2.45, 2.75) is 160 Å². The summed E-state index contributed by atoms with van der Waals surface area (Å²) in [6.45, 7) is 28.8. The number of aromatic nitrogens is 3. The van der Waals surface area contributed by atoms with Crippen LogP contribution in [-0.4, -0.2) is 53.1 Å². The first-order valence-corrected chi connectivity index (χ1v) is 19.2. The fourth-order valence-electron chi connectivity index (χ4n) is 8.47. The molecule has 0 aliphatic heterocycles. The topological polar surface area (TPSA) is 154 Å². The molecule has 3 aliphatic rings. The van der Waals surface area contributed by atoms with Crippen LogP contribution in [0.15, 0.2) is 29.4 Å². The number of isocyanates is 3. The van der Waals surface area contributed by atoms with Gasteiger partial charge in [0.05, 0.1) is 0 Å². The number of aliphatic imine (C=N–C) groups is 3. The van der Waals surface area contributed by atoms with Crippen molar-refractivity contribution in [2.75, 3.05) is 21.1 Å². The molecule has 3 fully saturated rings. The Morgan fingerprint density at radius 3 is 0.593 bits per heavy atom. The molecule has 3 saturated carbocycles. The third-order valence-corrected chi connectivity index (χ3v) is 9.99. The standard InChI is InChI=1S/3C10H20.C6H9N3O3.3C2H3NO/c3*1-9(2)6-5-7-10(3,4)8-9;1-7-4(10)8(2)6(12)9(3)5(7)11;3*1-3-2-4/h3*5-8H2,1-4H3;1-3H3;3*1H3. The van der Waals surface area contributed by atoms with Crippen LogP contribution in [0.2, 0.25) is 0 Å². The van der Waals surface area contributed by atoms with Crippen LogP contribution in [0.3, 0.4) is 0 Å². The molecule has 0 saturated heterocycles. The van der Waals surface area contributed by atoms with E-state index >= 15 is 0 Å². The first-order chi connectivity index (χ1) is 24.4. The maximum absolute atomic E-state index is 11.1. The monoisotopic (exact) mass is 763 g/mol. The highest BCUT2D eigenvalue weighted by molar-refractivity contribution is 5.32. The Balaban J connectivity index is -0.000000585. The molecule has 0 amide bonds. The Morgan fingerprint density at radius 1 is 0.389 bits per heavy atom. The second-order valence-electron chi connectivity index (χ2n) is 19.5. The average Bonchev–Trinajstić information content (AvgIpc) is 3.03. The lowest BCUT2D eigenvalue weighted by molar-refractivity contribution is 0.115. The normalized spacial score (nSPS) is 19.9. The molecule has 1 aromatic rings. The van der Waals surface area contributed by atoms with E-state index in [4.69, 9.17) is 14.4 Å². The van der Waals surface area contributed by atoms with Gasteiger partial charge in [0.25, 0.3) is 0 Å². The summed E-state index contributed by atoms with van der Waals surface area (Å²) in [6.07, 6.45) is 21.0. The molecule has 3 aliphatic carbocycles. The fraction of sp³-hybridized carbons (Fsp3) is 0.857. The molecule has 12 nitrogen and oxygen atoms in total. The molecule has 54 heavy (non-hydrogen) atoms. The minimum atomic E-state index is -0.608. The molecule has 0 unspecified atom stereocenters. The average molecular weight is 763 g/mol. The van der Waals surface area contributed by atoms with Crippen LogP contribution < -0.4 is 17.1 Å². The van der Waals surface area contributed by atoms with Crippen molar-refractivity contribution in [3.63, 3.8) is 0 Å². The van der Waals surface area contributed by atoms with Gasteiger partial charge in [0.2, 0.25) is 18.2 Å². The Kier molecular flexibility index (Phi) is 25.3. The minimum Gasteiger partial charge on any atom is -0.248 e. The van der Waals surface area contributed by atoms with E-state index in [2.05, 4.69) is 98.1 Å². The van der Waals surface area contributed by atoms with Crippen LogP contribution >= 0.6 is 0 Å². The number of carbonyl (C=O) groups excluding carboxylic acids is 3. The second-order valence-corrected chi connectivity index (χ2v) is 19.5. The summed E-state index contributed by atoms with van der Waals surface area (Å²) in [4.78, 5) is 68.7. The van der Waals surface area contributed by atoms with Gasteiger partial charge in [-0.3, -0.25) is 0 Å². The maximum atomic E-state index is 11.1. The number of rotatable bonds is 0. The van der Waals surface area contributed by atoms with Gasteiger partial charge in [-0.05, 0) is 90.3 Å². The minimum absolute atomic E-state index is 0.608. The van der Waals surface area contributed by atoms with Gasteiger partial charge in [0, 0.05) is 42.3 Å². The summed E-state index contributed by atoms with van der Waals surface area (Å²) in [5.74, 6) is 0. The van der Waals surface area contributed by atoms with Crippen LogP contribution in [0.25, 0.3) is 0 Å². The number of hydrogen-bond acceptors (Lipinski definition) is 9. The van der Waals surface area contributed by atoms with Gasteiger partial charge in [0.1, 0.15) is 0 Å². The van der Waals surface area contributed by atoms with Crippen LogP contribution in [0.4, 0.5) is 0 Å². The van der Waals surface area contributed by atoms with Gasteiger partial charge in [-0.2, -0.15) is 0 Å². The largest absolute Gasteiger partial charge is 0.335 e. The fourth-order valence-corrected chi connectivity index (χ4v) is 8.47. The third-order valence-electron chi connectivity index (χ3n) is 9.99. The zero-order chi connectivity index (χ0) is 43.2. The molecule has 12 heteroatoms. The van der Waals surface area contributed by atoms with E-state index in [1.54, 1.807) is 0 Å². The lowest BCUT2D eigenvalue weighted by atomic mass is 9.65. The van der Waals surface area contributed by atoms with Crippen molar-refractivity contribution < 1.29 is 14.4 Å². The maximum Gasteiger partial charge on any atom is 0.335 e. The van der Waals surface area contributed by atoms with Gasteiger partial charge in [-0.15, -0.1) is 0 Å². The smallest absolute Gasteiger partial charge is 0.248 e. The molecular formula is C42H78N6O6. The van der Waals surface area contributed by atoms with Crippen LogP contribution in [0.1, 0.15) is 160 Å². The Morgan fingerprint density at radius 2 is 0.519 bits per heavy atom. The van der Waals surface area contributed by atoms with E-state index in [0.717, 1.165) is 13.7 Å². The molecule has 0 bridgehead atoms. The summed E-state index contributed by atoms with van der Waals surface area (Å²) in [7, 11) is 8.12. The van der Waals surface area contributed by atoms with Crippen LogP contribution in [0.5, 0.6) is 0 Å². The van der Waals surface area contributed by atoms with Gasteiger partial charge in [-0.25, -0.2) is 57.4 Å². The molecular weight excluding hydrogens is 684 g/mol. The predicted molar refractivity (Wildman–Crippen MR) is 222 cm³/mol. The lowest BCUT2D eigenvalue weighted by Crippen LogP contribution is -2.51. The molecule has 1 aromatic heterocycles. The first-order valence-electron chi connectivity index (χ1n) is 19.2. The molecule has 0 spiro atoms. The molecule has 0 N–H and O–H groups in total. The van der Waals surface area contributed by atoms with Gasteiger partial charge in [-0.1, -0.05) is 102 Å². The van der Waals surface area contributed by atoms with Crippen LogP contribution in [0, 0.1) is 32.5 Å². The zero-order valence-electron chi connectivity index (χ0n) is 37.6. The summed E-state index contributed by atoms with van der Waals surface area (Å²) < 4.78 is 2.63. The van der Waals surface area contributed by atoms with Crippen molar-refractivity contribution in [3.8, 4) is 0 Å². The highest BCUT2D eigenvalue weighted by atomic mass is 16.2. The van der Waals surface area contributed by atoms with Gasteiger partial charge in [0.15, 0.2) is 0 Å². The zero-order valence-corrected chi connectivity index (χ0v) is 37.6. The Hall–Kier alpha value is -3.45. The van der Waals surface area contributed by atoms with E-state index in [1.807, 2.05) is 0 Å². The van der Waals surface area contributed by atoms with Crippen molar-refractivity contribution in [3.05, 3.63) is 31.5 Å². The van der Waals surface area contributed by atoms with Crippen LogP contribution in [-0.2, 0) is 35.5 Å². The van der Waals surface area contributed by atoms with Crippen molar-refractivity contribution >= 4 is 18.2 Å². The van der Waals surface area contributed by atoms with E-state index < -0.39 is 17.1 Å². The molecule has 312 valence electrons. The lowest BCUT2D eigenvalue weighted by Gasteiger charge is -2.40.